The van der Waals surface area contributed by atoms with Crippen molar-refractivity contribution in [1.29, 1.82) is 0 Å². The van der Waals surface area contributed by atoms with Crippen molar-refractivity contribution >= 4 is 5.97 Å². The maximum Gasteiger partial charge on any atom is 0.310 e. The fraction of sp³-hybridized carbons (Fsp3) is 0.611. The molecule has 0 spiro atoms. The summed E-state index contributed by atoms with van der Waals surface area (Å²) in [5.74, 6) is 0.439. The normalized spacial score (nSPS) is 27.3. The van der Waals surface area contributed by atoms with Gasteiger partial charge in [0.2, 0.25) is 0 Å². The molecule has 2 rings (SSSR count). The van der Waals surface area contributed by atoms with Crippen LogP contribution >= 0.6 is 0 Å². The topological polar surface area (TPSA) is 49.3 Å². The summed E-state index contributed by atoms with van der Waals surface area (Å²) >= 11 is 0. The SMILES string of the molecule is CC(C(=O)O)c1ccc(CNC2CCC(C)C(C)C2)cc1. The van der Waals surface area contributed by atoms with Gasteiger partial charge in [-0.25, -0.2) is 0 Å². The lowest BCUT2D eigenvalue weighted by Crippen LogP contribution is -2.35. The molecule has 0 aliphatic heterocycles. The van der Waals surface area contributed by atoms with Gasteiger partial charge in [0.1, 0.15) is 0 Å². The third-order valence-corrected chi connectivity index (χ3v) is 5.04. The van der Waals surface area contributed by atoms with Crippen LogP contribution < -0.4 is 5.32 Å². The highest BCUT2D eigenvalue weighted by atomic mass is 16.4. The Balaban J connectivity index is 1.85. The lowest BCUT2D eigenvalue weighted by molar-refractivity contribution is -0.138. The zero-order valence-electron chi connectivity index (χ0n) is 13.3. The van der Waals surface area contributed by atoms with Crippen LogP contribution in [0.4, 0.5) is 0 Å². The summed E-state index contributed by atoms with van der Waals surface area (Å²) in [5.41, 5.74) is 2.09. The van der Waals surface area contributed by atoms with E-state index < -0.39 is 11.9 Å². The van der Waals surface area contributed by atoms with Gasteiger partial charge >= 0.3 is 5.97 Å². The molecule has 4 unspecified atom stereocenters. The summed E-state index contributed by atoms with van der Waals surface area (Å²) in [6, 6.07) is 8.56. The molecular formula is C18H27NO2. The number of carboxylic acid groups (broad SMARTS) is 1. The standard InChI is InChI=1S/C18H27NO2/c1-12-4-9-17(10-13(12)2)19-11-15-5-7-16(8-6-15)14(3)18(20)21/h5-8,12-14,17,19H,4,9-11H2,1-3H3,(H,20,21). The van der Waals surface area contributed by atoms with E-state index in [4.69, 9.17) is 5.11 Å². The summed E-state index contributed by atoms with van der Waals surface area (Å²) in [7, 11) is 0. The van der Waals surface area contributed by atoms with Crippen LogP contribution in [-0.2, 0) is 11.3 Å². The molecule has 4 atom stereocenters. The van der Waals surface area contributed by atoms with Crippen molar-refractivity contribution in [2.45, 2.75) is 58.5 Å². The Morgan fingerprint density at radius 3 is 2.48 bits per heavy atom. The molecule has 1 saturated carbocycles. The van der Waals surface area contributed by atoms with Gasteiger partial charge in [-0.1, -0.05) is 38.1 Å². The summed E-state index contributed by atoms with van der Waals surface area (Å²) in [6.45, 7) is 7.29. The van der Waals surface area contributed by atoms with Gasteiger partial charge in [-0.15, -0.1) is 0 Å². The highest BCUT2D eigenvalue weighted by molar-refractivity contribution is 5.75. The maximum atomic E-state index is 11.0. The molecule has 1 aliphatic rings. The van der Waals surface area contributed by atoms with Gasteiger partial charge in [-0.3, -0.25) is 4.79 Å². The molecule has 2 N–H and O–H groups in total. The van der Waals surface area contributed by atoms with E-state index in [9.17, 15) is 4.79 Å². The molecule has 1 aromatic carbocycles. The molecule has 3 heteroatoms. The van der Waals surface area contributed by atoms with Gasteiger partial charge in [0.25, 0.3) is 0 Å². The molecule has 0 saturated heterocycles. The number of carbonyl (C=O) groups is 1. The zero-order chi connectivity index (χ0) is 15.4. The third kappa shape index (κ3) is 4.31. The van der Waals surface area contributed by atoms with E-state index in [1.165, 1.54) is 24.8 Å². The molecular weight excluding hydrogens is 262 g/mol. The summed E-state index contributed by atoms with van der Waals surface area (Å²) in [5, 5.41) is 12.7. The molecule has 0 heterocycles. The van der Waals surface area contributed by atoms with Crippen LogP contribution in [0.25, 0.3) is 0 Å². The van der Waals surface area contributed by atoms with E-state index in [1.807, 2.05) is 24.3 Å². The fourth-order valence-electron chi connectivity index (χ4n) is 3.06. The lowest BCUT2D eigenvalue weighted by atomic mass is 9.79. The van der Waals surface area contributed by atoms with Crippen molar-refractivity contribution < 1.29 is 9.90 Å². The van der Waals surface area contributed by atoms with Gasteiger partial charge in [0, 0.05) is 12.6 Å². The van der Waals surface area contributed by atoms with Crippen molar-refractivity contribution in [3.8, 4) is 0 Å². The molecule has 0 radical (unpaired) electrons. The van der Waals surface area contributed by atoms with E-state index >= 15 is 0 Å². The van der Waals surface area contributed by atoms with E-state index in [1.54, 1.807) is 6.92 Å². The first-order valence-corrected chi connectivity index (χ1v) is 8.02. The molecule has 1 aromatic rings. The summed E-state index contributed by atoms with van der Waals surface area (Å²) in [6.07, 6.45) is 3.84. The Kier molecular flexibility index (Phi) is 5.40. The second-order valence-corrected chi connectivity index (χ2v) is 6.65. The Labute approximate surface area is 127 Å². The minimum atomic E-state index is -0.772. The Morgan fingerprint density at radius 2 is 1.90 bits per heavy atom. The predicted octanol–water partition coefficient (Wildman–Crippen LogP) is 3.79. The second-order valence-electron chi connectivity index (χ2n) is 6.65. The van der Waals surface area contributed by atoms with Crippen LogP contribution in [0.3, 0.4) is 0 Å². The van der Waals surface area contributed by atoms with Gasteiger partial charge in [0.15, 0.2) is 0 Å². The number of benzene rings is 1. The number of nitrogens with one attached hydrogen (secondary N) is 1. The van der Waals surface area contributed by atoms with Crippen LogP contribution in [0.5, 0.6) is 0 Å². The first-order chi connectivity index (χ1) is 9.97. The maximum absolute atomic E-state index is 11.0. The quantitative estimate of drug-likeness (QED) is 0.867. The van der Waals surface area contributed by atoms with Gasteiger partial charge < -0.3 is 10.4 Å². The average molecular weight is 289 g/mol. The molecule has 116 valence electrons. The lowest BCUT2D eigenvalue weighted by Gasteiger charge is -2.32. The predicted molar refractivity (Wildman–Crippen MR) is 85.3 cm³/mol. The smallest absolute Gasteiger partial charge is 0.310 e. The molecule has 0 amide bonds. The summed E-state index contributed by atoms with van der Waals surface area (Å²) < 4.78 is 0. The molecule has 3 nitrogen and oxygen atoms in total. The number of hydrogen-bond donors (Lipinski definition) is 2. The highest BCUT2D eigenvalue weighted by Crippen LogP contribution is 2.29. The van der Waals surface area contributed by atoms with E-state index in [2.05, 4.69) is 19.2 Å². The van der Waals surface area contributed by atoms with Gasteiger partial charge in [-0.05, 0) is 49.1 Å². The molecule has 0 aromatic heterocycles. The van der Waals surface area contributed by atoms with Gasteiger partial charge in [0.05, 0.1) is 5.92 Å². The number of rotatable bonds is 5. The van der Waals surface area contributed by atoms with Crippen LogP contribution in [0.2, 0.25) is 0 Å². The number of aliphatic carboxylic acids is 1. The van der Waals surface area contributed by atoms with E-state index in [0.717, 1.165) is 23.9 Å². The Bertz CT molecular complexity index is 469. The average Bonchev–Trinajstić information content (AvgIpc) is 2.48. The molecule has 0 bridgehead atoms. The van der Waals surface area contributed by atoms with Crippen molar-refractivity contribution in [3.63, 3.8) is 0 Å². The van der Waals surface area contributed by atoms with Crippen molar-refractivity contribution in [1.82, 2.24) is 5.32 Å². The van der Waals surface area contributed by atoms with Crippen molar-refractivity contribution in [2.24, 2.45) is 11.8 Å². The Hall–Kier alpha value is -1.35. The first kappa shape index (κ1) is 16.0. The molecule has 21 heavy (non-hydrogen) atoms. The minimum absolute atomic E-state index is 0.437. The first-order valence-electron chi connectivity index (χ1n) is 8.02. The van der Waals surface area contributed by atoms with Crippen LogP contribution in [0.1, 0.15) is 57.1 Å². The molecule has 1 aliphatic carbocycles. The number of carboxylic acids is 1. The highest BCUT2D eigenvalue weighted by Gasteiger charge is 2.23. The zero-order valence-corrected chi connectivity index (χ0v) is 13.3. The second kappa shape index (κ2) is 7.08. The van der Waals surface area contributed by atoms with Crippen molar-refractivity contribution in [2.75, 3.05) is 0 Å². The number of hydrogen-bond acceptors (Lipinski definition) is 2. The monoisotopic (exact) mass is 289 g/mol. The van der Waals surface area contributed by atoms with Crippen LogP contribution in [0.15, 0.2) is 24.3 Å². The molecule has 1 fully saturated rings. The van der Waals surface area contributed by atoms with Gasteiger partial charge in [-0.2, -0.15) is 0 Å². The van der Waals surface area contributed by atoms with Crippen molar-refractivity contribution in [3.05, 3.63) is 35.4 Å². The third-order valence-electron chi connectivity index (χ3n) is 5.04. The summed E-state index contributed by atoms with van der Waals surface area (Å²) in [4.78, 5) is 11.0. The fourth-order valence-corrected chi connectivity index (χ4v) is 3.06. The minimum Gasteiger partial charge on any atom is -0.481 e. The van der Waals surface area contributed by atoms with E-state index in [0.29, 0.717) is 6.04 Å². The van der Waals surface area contributed by atoms with Crippen LogP contribution in [-0.4, -0.2) is 17.1 Å². The van der Waals surface area contributed by atoms with E-state index in [-0.39, 0.29) is 0 Å². The van der Waals surface area contributed by atoms with Crippen LogP contribution in [0, 0.1) is 11.8 Å². The largest absolute Gasteiger partial charge is 0.481 e. The Morgan fingerprint density at radius 1 is 1.24 bits per heavy atom.